The predicted molar refractivity (Wildman–Crippen MR) is 83.7 cm³/mol. The van der Waals surface area contributed by atoms with E-state index in [0.29, 0.717) is 0 Å². The molecule has 114 valence electrons. The lowest BCUT2D eigenvalue weighted by Gasteiger charge is -2.54. The smallest absolute Gasteiger partial charge is 0.235 e. The molecule has 0 spiro atoms. The summed E-state index contributed by atoms with van der Waals surface area (Å²) < 4.78 is 5.18. The minimum absolute atomic E-state index is 0.0195. The highest BCUT2D eigenvalue weighted by Crippen LogP contribution is 2.53. The van der Waals surface area contributed by atoms with Crippen LogP contribution in [0.15, 0.2) is 42.7 Å². The van der Waals surface area contributed by atoms with Crippen molar-refractivity contribution in [3.8, 4) is 5.75 Å². The number of rotatable bonds is 4. The van der Waals surface area contributed by atoms with Gasteiger partial charge in [0, 0.05) is 11.9 Å². The van der Waals surface area contributed by atoms with E-state index in [-0.39, 0.29) is 11.9 Å². The van der Waals surface area contributed by atoms with Gasteiger partial charge in [-0.1, -0.05) is 6.92 Å². The molecule has 1 amide bonds. The third kappa shape index (κ3) is 2.04. The zero-order chi connectivity index (χ0) is 15.7. The molecule has 1 saturated heterocycles. The van der Waals surface area contributed by atoms with E-state index in [1.807, 2.05) is 49.1 Å². The SMILES string of the molecule is CC[C@@]1(C)C(=O)N(c2ccc(OC)cc2)[C@@H]1c1ccnnc1. The quantitative estimate of drug-likeness (QED) is 0.814. The Morgan fingerprint density at radius 3 is 2.50 bits per heavy atom. The van der Waals surface area contributed by atoms with Crippen molar-refractivity contribution in [2.24, 2.45) is 5.41 Å². The fourth-order valence-electron chi connectivity index (χ4n) is 3.06. The summed E-state index contributed by atoms with van der Waals surface area (Å²) in [7, 11) is 1.63. The summed E-state index contributed by atoms with van der Waals surface area (Å²) in [4.78, 5) is 14.5. The summed E-state index contributed by atoms with van der Waals surface area (Å²) in [5, 5.41) is 7.79. The van der Waals surface area contributed by atoms with Crippen LogP contribution in [-0.2, 0) is 4.79 Å². The molecular formula is C17H19N3O2. The molecule has 2 aromatic rings. The van der Waals surface area contributed by atoms with Crippen LogP contribution in [0, 0.1) is 5.41 Å². The first-order valence-electron chi connectivity index (χ1n) is 7.36. The average Bonchev–Trinajstić information content (AvgIpc) is 2.59. The average molecular weight is 297 g/mol. The van der Waals surface area contributed by atoms with Gasteiger partial charge in [0.2, 0.25) is 5.91 Å². The molecule has 1 aliphatic heterocycles. The van der Waals surface area contributed by atoms with Gasteiger partial charge in [0.25, 0.3) is 0 Å². The number of aromatic nitrogens is 2. The normalized spacial score (nSPS) is 24.0. The molecule has 2 heterocycles. The summed E-state index contributed by atoms with van der Waals surface area (Å²) in [5.41, 5.74) is 1.48. The van der Waals surface area contributed by atoms with Crippen molar-refractivity contribution in [3.05, 3.63) is 48.3 Å². The number of methoxy groups -OCH3 is 1. The van der Waals surface area contributed by atoms with Gasteiger partial charge in [-0.25, -0.2) is 0 Å². The number of nitrogens with zero attached hydrogens (tertiary/aromatic N) is 3. The molecule has 0 N–H and O–H groups in total. The van der Waals surface area contributed by atoms with E-state index in [2.05, 4.69) is 10.2 Å². The van der Waals surface area contributed by atoms with E-state index in [1.165, 1.54) is 0 Å². The van der Waals surface area contributed by atoms with Gasteiger partial charge in [-0.05, 0) is 49.2 Å². The standard InChI is InChI=1S/C17H19N3O2/c1-4-17(2)15(12-9-10-18-19-11-12)20(16(17)21)13-5-7-14(22-3)8-6-13/h5-11,15H,4H2,1-3H3/t15-,17-/m1/s1. The Hall–Kier alpha value is -2.43. The number of ether oxygens (including phenoxy) is 1. The third-order valence-electron chi connectivity index (χ3n) is 4.58. The molecule has 1 aliphatic rings. The molecule has 0 unspecified atom stereocenters. The lowest BCUT2D eigenvalue weighted by atomic mass is 9.67. The van der Waals surface area contributed by atoms with Crippen molar-refractivity contribution in [2.45, 2.75) is 26.3 Å². The van der Waals surface area contributed by atoms with E-state index in [0.717, 1.165) is 23.4 Å². The molecule has 1 aromatic heterocycles. The second kappa shape index (κ2) is 5.40. The second-order valence-corrected chi connectivity index (χ2v) is 5.72. The molecule has 0 saturated carbocycles. The number of β-lactam (4-membered cyclic amide) rings is 1. The molecule has 0 radical (unpaired) electrons. The molecule has 1 fully saturated rings. The maximum absolute atomic E-state index is 12.7. The number of amides is 1. The van der Waals surface area contributed by atoms with E-state index >= 15 is 0 Å². The number of carbonyl (C=O) groups excluding carboxylic acids is 1. The topological polar surface area (TPSA) is 55.3 Å². The molecule has 22 heavy (non-hydrogen) atoms. The summed E-state index contributed by atoms with van der Waals surface area (Å²) >= 11 is 0. The van der Waals surface area contributed by atoms with Crippen LogP contribution in [0.5, 0.6) is 5.75 Å². The first kappa shape index (κ1) is 14.5. The Morgan fingerprint density at radius 2 is 1.95 bits per heavy atom. The highest BCUT2D eigenvalue weighted by molar-refractivity contribution is 6.06. The highest BCUT2D eigenvalue weighted by Gasteiger charge is 2.57. The lowest BCUT2D eigenvalue weighted by Crippen LogP contribution is -2.62. The van der Waals surface area contributed by atoms with Crippen molar-refractivity contribution in [2.75, 3.05) is 12.0 Å². The summed E-state index contributed by atoms with van der Waals surface area (Å²) in [6, 6.07) is 9.46. The Kier molecular flexibility index (Phi) is 3.56. The second-order valence-electron chi connectivity index (χ2n) is 5.72. The Morgan fingerprint density at radius 1 is 1.23 bits per heavy atom. The molecule has 0 bridgehead atoms. The van der Waals surface area contributed by atoms with Gasteiger partial charge in [0.05, 0.1) is 24.8 Å². The van der Waals surface area contributed by atoms with Gasteiger partial charge in [-0.3, -0.25) is 4.79 Å². The molecule has 5 heteroatoms. The van der Waals surface area contributed by atoms with Gasteiger partial charge in [-0.2, -0.15) is 10.2 Å². The van der Waals surface area contributed by atoms with E-state index in [9.17, 15) is 4.79 Å². The number of hydrogen-bond acceptors (Lipinski definition) is 4. The highest BCUT2D eigenvalue weighted by atomic mass is 16.5. The molecule has 3 rings (SSSR count). The van der Waals surface area contributed by atoms with Crippen LogP contribution in [0.3, 0.4) is 0 Å². The monoisotopic (exact) mass is 297 g/mol. The van der Waals surface area contributed by atoms with Crippen LogP contribution in [0.1, 0.15) is 31.9 Å². The minimum atomic E-state index is -0.400. The number of anilines is 1. The van der Waals surface area contributed by atoms with Gasteiger partial charge in [0.15, 0.2) is 0 Å². The van der Waals surface area contributed by atoms with Crippen molar-refractivity contribution in [1.29, 1.82) is 0 Å². The number of carbonyl (C=O) groups is 1. The maximum atomic E-state index is 12.7. The van der Waals surface area contributed by atoms with Crippen LogP contribution in [0.4, 0.5) is 5.69 Å². The van der Waals surface area contributed by atoms with Crippen LogP contribution in [0.2, 0.25) is 0 Å². The van der Waals surface area contributed by atoms with Crippen LogP contribution in [-0.4, -0.2) is 23.2 Å². The van der Waals surface area contributed by atoms with E-state index in [1.54, 1.807) is 19.5 Å². The molecule has 2 atom stereocenters. The molecule has 0 aliphatic carbocycles. The first-order chi connectivity index (χ1) is 10.6. The van der Waals surface area contributed by atoms with Crippen LogP contribution >= 0.6 is 0 Å². The van der Waals surface area contributed by atoms with Crippen molar-refractivity contribution >= 4 is 11.6 Å². The molecule has 1 aromatic carbocycles. The maximum Gasteiger partial charge on any atom is 0.235 e. The summed E-state index contributed by atoms with van der Waals surface area (Å²) in [5.74, 6) is 0.916. The van der Waals surface area contributed by atoms with Gasteiger partial charge in [0.1, 0.15) is 5.75 Å². The Labute approximate surface area is 129 Å². The largest absolute Gasteiger partial charge is 0.497 e. The Bertz CT molecular complexity index is 672. The van der Waals surface area contributed by atoms with Crippen LogP contribution in [0.25, 0.3) is 0 Å². The van der Waals surface area contributed by atoms with E-state index in [4.69, 9.17) is 4.74 Å². The summed E-state index contributed by atoms with van der Waals surface area (Å²) in [6.45, 7) is 4.06. The predicted octanol–water partition coefficient (Wildman–Crippen LogP) is 2.99. The van der Waals surface area contributed by atoms with Gasteiger partial charge >= 0.3 is 0 Å². The van der Waals surface area contributed by atoms with E-state index < -0.39 is 5.41 Å². The fourth-order valence-corrected chi connectivity index (χ4v) is 3.06. The number of hydrogen-bond donors (Lipinski definition) is 0. The summed E-state index contributed by atoms with van der Waals surface area (Å²) in [6.07, 6.45) is 4.19. The van der Waals surface area contributed by atoms with Gasteiger partial charge < -0.3 is 9.64 Å². The molecular weight excluding hydrogens is 278 g/mol. The zero-order valence-electron chi connectivity index (χ0n) is 13.0. The zero-order valence-corrected chi connectivity index (χ0v) is 13.0. The van der Waals surface area contributed by atoms with Crippen molar-refractivity contribution in [1.82, 2.24) is 10.2 Å². The van der Waals surface area contributed by atoms with Gasteiger partial charge in [-0.15, -0.1) is 0 Å². The molecule has 5 nitrogen and oxygen atoms in total. The fraction of sp³-hybridized carbons (Fsp3) is 0.353. The lowest BCUT2D eigenvalue weighted by molar-refractivity contribution is -0.139. The third-order valence-corrected chi connectivity index (χ3v) is 4.58. The Balaban J connectivity index is 2.00. The first-order valence-corrected chi connectivity index (χ1v) is 7.36. The number of benzene rings is 1. The van der Waals surface area contributed by atoms with Crippen molar-refractivity contribution < 1.29 is 9.53 Å². The van der Waals surface area contributed by atoms with Crippen LogP contribution < -0.4 is 9.64 Å². The van der Waals surface area contributed by atoms with Crippen molar-refractivity contribution in [3.63, 3.8) is 0 Å². The minimum Gasteiger partial charge on any atom is -0.497 e.